The van der Waals surface area contributed by atoms with Crippen molar-refractivity contribution in [2.75, 3.05) is 37.9 Å². The number of hydrogen-bond acceptors (Lipinski definition) is 9. The van der Waals surface area contributed by atoms with Gasteiger partial charge in [0, 0.05) is 60.5 Å². The van der Waals surface area contributed by atoms with Gasteiger partial charge in [0.25, 0.3) is 5.91 Å². The Labute approximate surface area is 320 Å². The maximum atomic E-state index is 13.2. The summed E-state index contributed by atoms with van der Waals surface area (Å²) < 4.78 is 58.1. The van der Waals surface area contributed by atoms with E-state index in [4.69, 9.17) is 24.3 Å². The van der Waals surface area contributed by atoms with E-state index >= 15 is 0 Å². The van der Waals surface area contributed by atoms with E-state index in [0.29, 0.717) is 48.2 Å². The zero-order chi connectivity index (χ0) is 39.2. The fraction of sp³-hybridized carbons (Fsp3) is 0.244. The Morgan fingerprint density at radius 2 is 1.70 bits per heavy atom. The number of carbonyl (C=O) groups is 2. The monoisotopic (exact) mass is 765 g/mol. The van der Waals surface area contributed by atoms with E-state index in [1.165, 1.54) is 0 Å². The van der Waals surface area contributed by atoms with Gasteiger partial charge in [0.2, 0.25) is 0 Å². The topological polar surface area (TPSA) is 133 Å². The number of ether oxygens (including phenoxy) is 3. The first-order chi connectivity index (χ1) is 27.1. The van der Waals surface area contributed by atoms with Crippen LogP contribution in [0.2, 0.25) is 0 Å². The summed E-state index contributed by atoms with van der Waals surface area (Å²) in [4.78, 5) is 36.6. The molecule has 1 aliphatic heterocycles. The summed E-state index contributed by atoms with van der Waals surface area (Å²) in [6.45, 7) is 1.48. The molecule has 0 radical (unpaired) electrons. The molecule has 1 aliphatic rings. The first-order valence-electron chi connectivity index (χ1n) is 17.8. The summed E-state index contributed by atoms with van der Waals surface area (Å²) in [5.74, 6) is 0.840. The van der Waals surface area contributed by atoms with Gasteiger partial charge in [-0.15, -0.1) is 0 Å². The largest absolute Gasteiger partial charge is 0.497 e. The van der Waals surface area contributed by atoms with E-state index in [2.05, 4.69) is 15.6 Å². The average Bonchev–Trinajstić information content (AvgIpc) is 3.62. The molecule has 15 heteroatoms. The van der Waals surface area contributed by atoms with Gasteiger partial charge in [-0.25, -0.2) is 19.4 Å². The van der Waals surface area contributed by atoms with Gasteiger partial charge in [-0.3, -0.25) is 4.79 Å². The Balaban J connectivity index is 1.19. The van der Waals surface area contributed by atoms with Crippen molar-refractivity contribution in [3.05, 3.63) is 131 Å². The molecule has 0 unspecified atom stereocenters. The molecule has 1 saturated heterocycles. The molecule has 56 heavy (non-hydrogen) atoms. The Kier molecular flexibility index (Phi) is 11.0. The van der Waals surface area contributed by atoms with Crippen LogP contribution < -0.4 is 20.1 Å². The minimum atomic E-state index is -4.58. The van der Waals surface area contributed by atoms with Crippen molar-refractivity contribution >= 4 is 34.5 Å². The van der Waals surface area contributed by atoms with Gasteiger partial charge in [0.05, 0.1) is 31.2 Å². The summed E-state index contributed by atoms with van der Waals surface area (Å²) >= 11 is 0. The third-order valence-corrected chi connectivity index (χ3v) is 9.53. The molecule has 288 valence electrons. The molecule has 12 nitrogen and oxygen atoms in total. The van der Waals surface area contributed by atoms with Gasteiger partial charge in [-0.2, -0.15) is 18.3 Å². The second-order valence-electron chi connectivity index (χ2n) is 13.1. The minimum Gasteiger partial charge on any atom is -0.497 e. The highest BCUT2D eigenvalue weighted by molar-refractivity contribution is 6.04. The van der Waals surface area contributed by atoms with Crippen molar-refractivity contribution in [1.29, 1.82) is 0 Å². The number of benzene rings is 3. The molecule has 0 bridgehead atoms. The molecule has 0 saturated carbocycles. The van der Waals surface area contributed by atoms with Gasteiger partial charge >= 0.3 is 12.3 Å². The lowest BCUT2D eigenvalue weighted by Crippen LogP contribution is -2.39. The van der Waals surface area contributed by atoms with Crippen LogP contribution in [0.25, 0.3) is 16.6 Å². The van der Waals surface area contributed by atoms with Crippen LogP contribution in [-0.2, 0) is 24.1 Å². The summed E-state index contributed by atoms with van der Waals surface area (Å²) in [5, 5.41) is 11.8. The van der Waals surface area contributed by atoms with E-state index in [1.807, 2.05) is 48.5 Å². The number of nitrogens with zero attached hydrogens (tertiary/aromatic N) is 5. The van der Waals surface area contributed by atoms with Gasteiger partial charge in [0.1, 0.15) is 29.4 Å². The first kappa shape index (κ1) is 37.7. The molecule has 3 aromatic heterocycles. The number of anilines is 2. The third kappa shape index (κ3) is 8.36. The number of methoxy groups -OCH3 is 2. The van der Waals surface area contributed by atoms with Crippen molar-refractivity contribution in [2.24, 2.45) is 0 Å². The molecule has 2 amide bonds. The van der Waals surface area contributed by atoms with Crippen molar-refractivity contribution in [1.82, 2.24) is 24.6 Å². The highest BCUT2D eigenvalue weighted by atomic mass is 19.4. The lowest BCUT2D eigenvalue weighted by atomic mass is 9.93. The van der Waals surface area contributed by atoms with Crippen LogP contribution in [0.4, 0.5) is 29.6 Å². The number of likely N-dealkylation sites (tertiary alicyclic amines) is 1. The molecule has 0 aliphatic carbocycles. The zero-order valence-electron chi connectivity index (χ0n) is 30.5. The molecule has 6 aromatic rings. The highest BCUT2D eigenvalue weighted by Crippen LogP contribution is 2.36. The standard InChI is InChI=1S/C41H38F3N7O5/c1-54-32-15-12-28(34(22-32)55-2)23-47-38-37-33(17-19-46-38)36(29-9-6-20-50(24-29)40(53)56-25-26-7-4-3-5-8-26)49-51(37)31-13-10-27(11-14-31)39(52)48-35-21-30(16-18-45-35)41(42,43)44/h3-5,7-8,10-19,21-22,29H,6,9,20,23-25H2,1-2H3,(H,46,47)(H,45,48,52)/t29-/m1/s1. The Morgan fingerprint density at radius 3 is 2.45 bits per heavy atom. The quantitative estimate of drug-likeness (QED) is 0.134. The fourth-order valence-corrected chi connectivity index (χ4v) is 6.68. The maximum Gasteiger partial charge on any atom is 0.416 e. The fourth-order valence-electron chi connectivity index (χ4n) is 6.68. The van der Waals surface area contributed by atoms with E-state index in [0.717, 1.165) is 53.4 Å². The third-order valence-electron chi connectivity index (χ3n) is 9.53. The highest BCUT2D eigenvalue weighted by Gasteiger charge is 2.32. The van der Waals surface area contributed by atoms with E-state index in [1.54, 1.807) is 60.3 Å². The minimum absolute atomic E-state index is 0.126. The van der Waals surface area contributed by atoms with E-state index < -0.39 is 23.7 Å². The van der Waals surface area contributed by atoms with Crippen LogP contribution in [0.3, 0.4) is 0 Å². The van der Waals surface area contributed by atoms with Crippen molar-refractivity contribution in [3.8, 4) is 17.2 Å². The molecule has 1 fully saturated rings. The van der Waals surface area contributed by atoms with Crippen LogP contribution >= 0.6 is 0 Å². The van der Waals surface area contributed by atoms with Crippen molar-refractivity contribution in [3.63, 3.8) is 0 Å². The first-order valence-corrected chi connectivity index (χ1v) is 17.8. The maximum absolute atomic E-state index is 13.2. The van der Waals surface area contributed by atoms with Crippen LogP contribution in [0.5, 0.6) is 11.5 Å². The van der Waals surface area contributed by atoms with Gasteiger partial charge < -0.3 is 29.7 Å². The molecule has 4 heterocycles. The lowest BCUT2D eigenvalue weighted by Gasteiger charge is -2.31. The van der Waals surface area contributed by atoms with E-state index in [-0.39, 0.29) is 23.9 Å². The normalized spacial score (nSPS) is 14.3. The average molecular weight is 766 g/mol. The van der Waals surface area contributed by atoms with Crippen LogP contribution in [0.1, 0.15) is 51.5 Å². The number of fused-ring (bicyclic) bond motifs is 1. The van der Waals surface area contributed by atoms with Crippen LogP contribution in [0, 0.1) is 0 Å². The van der Waals surface area contributed by atoms with Gasteiger partial charge in [0.15, 0.2) is 5.82 Å². The van der Waals surface area contributed by atoms with Crippen molar-refractivity contribution in [2.45, 2.75) is 38.1 Å². The smallest absolute Gasteiger partial charge is 0.416 e. The number of rotatable bonds is 11. The number of aromatic nitrogens is 4. The van der Waals surface area contributed by atoms with E-state index in [9.17, 15) is 22.8 Å². The van der Waals surface area contributed by atoms with Crippen LogP contribution in [-0.4, -0.2) is 64.0 Å². The second kappa shape index (κ2) is 16.4. The molecule has 1 atom stereocenters. The Hall–Kier alpha value is -6.64. The number of nitrogens with one attached hydrogen (secondary N) is 2. The number of hydrogen-bond donors (Lipinski definition) is 2. The summed E-state index contributed by atoms with van der Waals surface area (Å²) in [7, 11) is 3.17. The van der Waals surface area contributed by atoms with Crippen LogP contribution in [0.15, 0.2) is 103 Å². The number of halogens is 3. The Morgan fingerprint density at radius 1 is 0.911 bits per heavy atom. The zero-order valence-corrected chi connectivity index (χ0v) is 30.5. The lowest BCUT2D eigenvalue weighted by molar-refractivity contribution is -0.137. The summed E-state index contributed by atoms with van der Waals surface area (Å²) in [6, 6.07) is 25.1. The number of alkyl halides is 3. The second-order valence-corrected chi connectivity index (χ2v) is 13.1. The van der Waals surface area contributed by atoms with Gasteiger partial charge in [-0.05, 0) is 73.0 Å². The Bertz CT molecular complexity index is 2340. The number of amides is 2. The SMILES string of the molecule is COc1ccc(CNc2nccc3c([C@@H]4CCCN(C(=O)OCc5ccccc5)C4)nn(-c4ccc(C(=O)Nc5cc(C(F)(F)F)ccn5)cc4)c23)c(OC)c1. The predicted octanol–water partition coefficient (Wildman–Crippen LogP) is 8.23. The number of piperidine rings is 1. The summed E-state index contributed by atoms with van der Waals surface area (Å²) in [5.41, 5.74) is 3.08. The molecule has 7 rings (SSSR count). The van der Waals surface area contributed by atoms with Crippen molar-refractivity contribution < 1.29 is 37.0 Å². The molecular weight excluding hydrogens is 727 g/mol. The molecule has 0 spiro atoms. The number of carbonyl (C=O) groups excluding carboxylic acids is 2. The summed E-state index contributed by atoms with van der Waals surface area (Å²) in [6.07, 6.45) is -0.752. The number of pyridine rings is 2. The molecule has 3 aromatic carbocycles. The molecular formula is C41H38F3N7O5. The molecule has 2 N–H and O–H groups in total. The predicted molar refractivity (Wildman–Crippen MR) is 203 cm³/mol. The van der Waals surface area contributed by atoms with Gasteiger partial charge in [-0.1, -0.05) is 30.3 Å².